The van der Waals surface area contributed by atoms with Crippen molar-refractivity contribution >= 4 is 16.1 Å². The molecule has 0 saturated carbocycles. The van der Waals surface area contributed by atoms with Gasteiger partial charge in [-0.3, -0.25) is 0 Å². The van der Waals surface area contributed by atoms with Crippen molar-refractivity contribution in [1.29, 1.82) is 0 Å². The van der Waals surface area contributed by atoms with Crippen molar-refractivity contribution in [2.45, 2.75) is 71.1 Å². The number of carbonyl (C=O) groups excluding carboxylic acids is 1. The third kappa shape index (κ3) is 12.4. The highest BCUT2D eigenvalue weighted by Gasteiger charge is 2.15. The molecule has 0 aliphatic carbocycles. The lowest BCUT2D eigenvalue weighted by Gasteiger charge is -2.04. The van der Waals surface area contributed by atoms with E-state index >= 15 is 0 Å². The summed E-state index contributed by atoms with van der Waals surface area (Å²) >= 11 is 0. The average molecular weight is 307 g/mol. The van der Waals surface area contributed by atoms with Crippen LogP contribution in [-0.4, -0.2) is 26.7 Å². The molecule has 6 heteroatoms. The Bertz CT molecular complexity index is 341. The molecule has 0 fully saturated rings. The molecule has 0 spiro atoms. The van der Waals surface area contributed by atoms with Crippen molar-refractivity contribution < 1.29 is 17.4 Å². The van der Waals surface area contributed by atoms with E-state index in [-0.39, 0.29) is 5.75 Å². The van der Waals surface area contributed by atoms with Crippen LogP contribution in [0.4, 0.5) is 0 Å². The van der Waals surface area contributed by atoms with Crippen LogP contribution in [0.3, 0.4) is 0 Å². The van der Waals surface area contributed by atoms with Crippen molar-refractivity contribution in [1.82, 2.24) is 0 Å². The quantitative estimate of drug-likeness (QED) is 0.417. The van der Waals surface area contributed by atoms with Gasteiger partial charge >= 0.3 is 16.1 Å². The van der Waals surface area contributed by atoms with E-state index in [1.807, 2.05) is 0 Å². The van der Waals surface area contributed by atoms with E-state index in [1.54, 1.807) is 0 Å². The molecule has 20 heavy (non-hydrogen) atoms. The summed E-state index contributed by atoms with van der Waals surface area (Å²) in [5.41, 5.74) is 4.99. The van der Waals surface area contributed by atoms with E-state index in [0.717, 1.165) is 19.3 Å². The predicted molar refractivity (Wildman–Crippen MR) is 80.8 cm³/mol. The summed E-state index contributed by atoms with van der Waals surface area (Å²) in [6.07, 6.45) is 11.3. The molecule has 120 valence electrons. The van der Waals surface area contributed by atoms with Gasteiger partial charge in [-0.25, -0.2) is 4.79 Å². The van der Waals surface area contributed by atoms with Gasteiger partial charge in [0.25, 0.3) is 0 Å². The second-order valence-corrected chi connectivity index (χ2v) is 6.79. The smallest absolute Gasteiger partial charge is 0.335 e. The molecular formula is C14H29NO4S. The second kappa shape index (κ2) is 12.1. The molecule has 0 radical (unpaired) electrons. The van der Waals surface area contributed by atoms with Gasteiger partial charge in [-0.1, -0.05) is 64.7 Å². The Morgan fingerprint density at radius 3 is 1.80 bits per heavy atom. The minimum absolute atomic E-state index is 0.102. The normalized spacial score (nSPS) is 11.5. The lowest BCUT2D eigenvalue weighted by atomic mass is 10.1. The highest BCUT2D eigenvalue weighted by atomic mass is 32.2. The number of carbonyl (C=O) groups is 1. The van der Waals surface area contributed by atoms with E-state index in [9.17, 15) is 13.2 Å². The van der Waals surface area contributed by atoms with Crippen LogP contribution >= 0.6 is 0 Å². The summed E-state index contributed by atoms with van der Waals surface area (Å²) in [5.74, 6) is -0.994. The molecule has 0 atom stereocenters. The number of unbranched alkanes of at least 4 members (excludes halogenated alkanes) is 9. The van der Waals surface area contributed by atoms with Gasteiger partial charge in [0.15, 0.2) is 0 Å². The van der Waals surface area contributed by atoms with Gasteiger partial charge in [0, 0.05) is 0 Å². The molecule has 0 heterocycles. The van der Waals surface area contributed by atoms with Crippen LogP contribution < -0.4 is 5.73 Å². The van der Waals surface area contributed by atoms with Crippen LogP contribution in [-0.2, 0) is 19.1 Å². The molecule has 0 bridgehead atoms. The molecule has 0 amide bonds. The summed E-state index contributed by atoms with van der Waals surface area (Å²) in [4.78, 5) is 10.8. The Morgan fingerprint density at radius 1 is 0.900 bits per heavy atom. The van der Waals surface area contributed by atoms with Gasteiger partial charge in [0.1, 0.15) is 0 Å². The molecule has 0 rings (SSSR count). The standard InChI is InChI=1S/C14H29NO4S/c1-2-3-4-5-6-7-8-9-10-11-12-20(17,18)19-14(16)13-15/h2-13,15H2,1H3. The maximum atomic E-state index is 11.3. The molecule has 0 aliphatic heterocycles. The fraction of sp³-hybridized carbons (Fsp3) is 0.929. The van der Waals surface area contributed by atoms with Gasteiger partial charge in [0.05, 0.1) is 12.3 Å². The van der Waals surface area contributed by atoms with Crippen LogP contribution in [0.25, 0.3) is 0 Å². The first-order chi connectivity index (χ1) is 9.52. The Balaban J connectivity index is 3.41. The van der Waals surface area contributed by atoms with Crippen molar-refractivity contribution in [2.24, 2.45) is 5.73 Å². The molecule has 0 aromatic rings. The molecule has 2 N–H and O–H groups in total. The van der Waals surface area contributed by atoms with Crippen LogP contribution in [0.1, 0.15) is 71.1 Å². The van der Waals surface area contributed by atoms with Crippen LogP contribution in [0.5, 0.6) is 0 Å². The summed E-state index contributed by atoms with van der Waals surface area (Å²) in [5, 5.41) is 0. The number of nitrogens with two attached hydrogens (primary N) is 1. The molecular weight excluding hydrogens is 278 g/mol. The number of rotatable bonds is 13. The summed E-state index contributed by atoms with van der Waals surface area (Å²) < 4.78 is 27.0. The first-order valence-electron chi connectivity index (χ1n) is 7.67. The fourth-order valence-electron chi connectivity index (χ4n) is 1.98. The van der Waals surface area contributed by atoms with E-state index in [2.05, 4.69) is 11.1 Å². The number of hydrogen-bond donors (Lipinski definition) is 1. The zero-order valence-electron chi connectivity index (χ0n) is 12.6. The fourth-order valence-corrected chi connectivity index (χ4v) is 2.98. The third-order valence-corrected chi connectivity index (χ3v) is 4.36. The molecule has 0 saturated heterocycles. The van der Waals surface area contributed by atoms with Gasteiger partial charge < -0.3 is 9.92 Å². The first-order valence-corrected chi connectivity index (χ1v) is 9.24. The van der Waals surface area contributed by atoms with Crippen LogP contribution in [0.15, 0.2) is 0 Å². The van der Waals surface area contributed by atoms with E-state index in [0.29, 0.717) is 6.42 Å². The maximum absolute atomic E-state index is 11.3. The zero-order valence-corrected chi connectivity index (χ0v) is 13.4. The summed E-state index contributed by atoms with van der Waals surface area (Å²) in [7, 11) is -3.73. The highest BCUT2D eigenvalue weighted by Crippen LogP contribution is 2.11. The van der Waals surface area contributed by atoms with Crippen LogP contribution in [0.2, 0.25) is 0 Å². The predicted octanol–water partition coefficient (Wildman–Crippen LogP) is 2.74. The summed E-state index contributed by atoms with van der Waals surface area (Å²) in [6, 6.07) is 0. The van der Waals surface area contributed by atoms with Crippen molar-refractivity contribution in [3.05, 3.63) is 0 Å². The Hall–Kier alpha value is -0.620. The maximum Gasteiger partial charge on any atom is 0.335 e. The zero-order chi connectivity index (χ0) is 15.3. The molecule has 5 nitrogen and oxygen atoms in total. The minimum Gasteiger partial charge on any atom is -0.344 e. The highest BCUT2D eigenvalue weighted by molar-refractivity contribution is 7.87. The Kier molecular flexibility index (Phi) is 11.8. The molecule has 0 aliphatic rings. The minimum atomic E-state index is -3.73. The Morgan fingerprint density at radius 2 is 1.35 bits per heavy atom. The van der Waals surface area contributed by atoms with Crippen molar-refractivity contribution in [2.75, 3.05) is 12.3 Å². The lowest BCUT2D eigenvalue weighted by molar-refractivity contribution is -0.132. The topological polar surface area (TPSA) is 86.5 Å². The van der Waals surface area contributed by atoms with Crippen molar-refractivity contribution in [3.63, 3.8) is 0 Å². The Labute approximate surface area is 123 Å². The van der Waals surface area contributed by atoms with Gasteiger partial charge in [-0.05, 0) is 6.42 Å². The first kappa shape index (κ1) is 19.4. The molecule has 0 unspecified atom stereocenters. The lowest BCUT2D eigenvalue weighted by Crippen LogP contribution is -2.22. The largest absolute Gasteiger partial charge is 0.344 e. The average Bonchev–Trinajstić information content (AvgIpc) is 2.40. The van der Waals surface area contributed by atoms with Gasteiger partial charge in [-0.2, -0.15) is 8.42 Å². The van der Waals surface area contributed by atoms with E-state index in [1.165, 1.54) is 38.5 Å². The monoisotopic (exact) mass is 307 g/mol. The molecule has 0 aromatic carbocycles. The van der Waals surface area contributed by atoms with E-state index in [4.69, 9.17) is 5.73 Å². The van der Waals surface area contributed by atoms with E-state index < -0.39 is 22.6 Å². The van der Waals surface area contributed by atoms with Crippen molar-refractivity contribution in [3.8, 4) is 0 Å². The third-order valence-electron chi connectivity index (χ3n) is 3.13. The molecule has 0 aromatic heterocycles. The summed E-state index contributed by atoms with van der Waals surface area (Å²) in [6.45, 7) is 1.80. The SMILES string of the molecule is CCCCCCCCCCCCS(=O)(=O)OC(=O)CN. The number of hydrogen-bond acceptors (Lipinski definition) is 5. The van der Waals surface area contributed by atoms with Gasteiger partial charge in [0.2, 0.25) is 0 Å². The van der Waals surface area contributed by atoms with Crippen LogP contribution in [0, 0.1) is 0 Å². The second-order valence-electron chi connectivity index (χ2n) is 5.10. The van der Waals surface area contributed by atoms with Gasteiger partial charge in [-0.15, -0.1) is 0 Å².